The molecule has 0 atom stereocenters. The minimum absolute atomic E-state index is 0.0581. The third kappa shape index (κ3) is 4.08. The Morgan fingerprint density at radius 2 is 2.00 bits per heavy atom. The first-order valence-electron chi connectivity index (χ1n) is 5.71. The summed E-state index contributed by atoms with van der Waals surface area (Å²) in [4.78, 5) is 24.3. The highest BCUT2D eigenvalue weighted by Crippen LogP contribution is 2.16. The number of aromatic hydroxyl groups is 1. The monoisotopic (exact) mass is 251 g/mol. The van der Waals surface area contributed by atoms with Gasteiger partial charge in [0.1, 0.15) is 12.3 Å². The molecule has 0 aliphatic heterocycles. The van der Waals surface area contributed by atoms with Crippen LogP contribution in [0, 0.1) is 0 Å². The van der Waals surface area contributed by atoms with Crippen molar-refractivity contribution in [1.82, 2.24) is 4.90 Å². The summed E-state index contributed by atoms with van der Waals surface area (Å²) in [5.41, 5.74) is 0.540. The van der Waals surface area contributed by atoms with Gasteiger partial charge in [-0.3, -0.25) is 9.59 Å². The van der Waals surface area contributed by atoms with E-state index >= 15 is 0 Å². The molecule has 0 aliphatic carbocycles. The van der Waals surface area contributed by atoms with Crippen LogP contribution in [-0.4, -0.2) is 42.1 Å². The number of hydrogen-bond donors (Lipinski definition) is 1. The molecule has 1 aromatic rings. The van der Waals surface area contributed by atoms with E-state index in [1.165, 1.54) is 18.0 Å². The largest absolute Gasteiger partial charge is 0.508 e. The molecule has 1 N–H and O–H groups in total. The average molecular weight is 251 g/mol. The Hall–Kier alpha value is -2.04. The molecule has 1 rings (SSSR count). The number of amides is 1. The van der Waals surface area contributed by atoms with Gasteiger partial charge in [-0.05, 0) is 13.0 Å². The molecule has 0 bridgehead atoms. The Bertz CT molecular complexity index is 431. The van der Waals surface area contributed by atoms with Gasteiger partial charge in [0.05, 0.1) is 13.0 Å². The van der Waals surface area contributed by atoms with Crippen LogP contribution in [0.15, 0.2) is 24.3 Å². The molecule has 0 spiro atoms. The smallest absolute Gasteiger partial charge is 0.325 e. The van der Waals surface area contributed by atoms with Crippen LogP contribution in [0.2, 0.25) is 0 Å². The number of rotatable bonds is 5. The molecule has 98 valence electrons. The van der Waals surface area contributed by atoms with Crippen molar-refractivity contribution in [3.8, 4) is 5.75 Å². The molecule has 0 unspecified atom stereocenters. The number of benzene rings is 1. The van der Waals surface area contributed by atoms with Crippen molar-refractivity contribution >= 4 is 11.9 Å². The summed E-state index contributed by atoms with van der Waals surface area (Å²) in [6.45, 7) is 1.92. The maximum atomic E-state index is 11.8. The van der Waals surface area contributed by atoms with Crippen LogP contribution in [0.4, 0.5) is 0 Å². The number of phenols is 1. The van der Waals surface area contributed by atoms with Crippen LogP contribution >= 0.6 is 0 Å². The van der Waals surface area contributed by atoms with Crippen molar-refractivity contribution in [1.29, 1.82) is 0 Å². The Balaban J connectivity index is 2.55. The van der Waals surface area contributed by atoms with Crippen LogP contribution in [0.1, 0.15) is 12.5 Å². The summed E-state index contributed by atoms with van der Waals surface area (Å²) >= 11 is 0. The number of nitrogens with zero attached hydrogens (tertiary/aromatic N) is 1. The molecule has 18 heavy (non-hydrogen) atoms. The lowest BCUT2D eigenvalue weighted by molar-refractivity contribution is -0.147. The van der Waals surface area contributed by atoms with Gasteiger partial charge < -0.3 is 14.7 Å². The Kier molecular flexibility index (Phi) is 5.17. The molecule has 0 aromatic heterocycles. The highest BCUT2D eigenvalue weighted by molar-refractivity contribution is 5.83. The van der Waals surface area contributed by atoms with Crippen LogP contribution in [0.25, 0.3) is 0 Å². The van der Waals surface area contributed by atoms with Crippen molar-refractivity contribution in [2.24, 2.45) is 0 Å². The summed E-state index contributed by atoms with van der Waals surface area (Å²) in [7, 11) is 1.53. The summed E-state index contributed by atoms with van der Waals surface area (Å²) in [6.07, 6.45) is 0.0581. The second kappa shape index (κ2) is 6.64. The van der Waals surface area contributed by atoms with Gasteiger partial charge in [-0.2, -0.15) is 0 Å². The van der Waals surface area contributed by atoms with Gasteiger partial charge in [-0.15, -0.1) is 0 Å². The van der Waals surface area contributed by atoms with E-state index in [2.05, 4.69) is 0 Å². The fourth-order valence-electron chi connectivity index (χ4n) is 1.45. The van der Waals surface area contributed by atoms with Gasteiger partial charge in [-0.1, -0.05) is 18.2 Å². The molecule has 0 fully saturated rings. The highest BCUT2D eigenvalue weighted by atomic mass is 16.5. The average Bonchev–Trinajstić information content (AvgIpc) is 2.32. The van der Waals surface area contributed by atoms with Crippen LogP contribution in [0.5, 0.6) is 5.75 Å². The third-order valence-corrected chi connectivity index (χ3v) is 2.43. The van der Waals surface area contributed by atoms with E-state index in [-0.39, 0.29) is 24.6 Å². The van der Waals surface area contributed by atoms with Gasteiger partial charge in [0.25, 0.3) is 0 Å². The molecule has 0 saturated heterocycles. The molecule has 5 nitrogen and oxygen atoms in total. The number of carbonyl (C=O) groups excluding carboxylic acids is 2. The van der Waals surface area contributed by atoms with Gasteiger partial charge >= 0.3 is 5.97 Å². The molecule has 1 amide bonds. The molecule has 1 aromatic carbocycles. The zero-order chi connectivity index (χ0) is 13.5. The van der Waals surface area contributed by atoms with E-state index in [4.69, 9.17) is 4.74 Å². The van der Waals surface area contributed by atoms with Crippen LogP contribution in [0.3, 0.4) is 0 Å². The molecule has 0 aliphatic rings. The number of hydrogen-bond acceptors (Lipinski definition) is 4. The number of likely N-dealkylation sites (N-methyl/N-ethyl adjacent to an activating group) is 1. The number of phenolic OH excluding ortho intramolecular Hbond substituents is 1. The summed E-state index contributed by atoms with van der Waals surface area (Å²) in [5, 5.41) is 9.54. The first-order valence-corrected chi connectivity index (χ1v) is 5.71. The maximum absolute atomic E-state index is 11.8. The normalized spacial score (nSPS) is 9.89. The van der Waals surface area contributed by atoms with E-state index in [1.807, 2.05) is 0 Å². The quantitative estimate of drug-likeness (QED) is 0.791. The Morgan fingerprint density at radius 1 is 1.33 bits per heavy atom. The Morgan fingerprint density at radius 3 is 2.61 bits per heavy atom. The summed E-state index contributed by atoms with van der Waals surface area (Å²) < 4.78 is 4.75. The van der Waals surface area contributed by atoms with Crippen LogP contribution < -0.4 is 0 Å². The minimum Gasteiger partial charge on any atom is -0.508 e. The van der Waals surface area contributed by atoms with Crippen molar-refractivity contribution in [3.63, 3.8) is 0 Å². The van der Waals surface area contributed by atoms with Crippen LogP contribution in [-0.2, 0) is 20.7 Å². The molecule has 0 heterocycles. The lowest BCUT2D eigenvalue weighted by Gasteiger charge is -2.16. The predicted octanol–water partition coefficient (Wildman–Crippen LogP) is 0.956. The first-order chi connectivity index (χ1) is 8.54. The highest BCUT2D eigenvalue weighted by Gasteiger charge is 2.15. The fourth-order valence-corrected chi connectivity index (χ4v) is 1.45. The lowest BCUT2D eigenvalue weighted by Crippen LogP contribution is -2.34. The zero-order valence-electron chi connectivity index (χ0n) is 10.5. The standard InChI is InChI=1S/C13H17NO4/c1-3-18-13(17)9-14(2)12(16)8-10-6-4-5-7-11(10)15/h4-7,15H,3,8-9H2,1-2H3. The summed E-state index contributed by atoms with van der Waals surface area (Å²) in [5.74, 6) is -0.606. The number of para-hydroxylation sites is 1. The van der Waals surface area contributed by atoms with E-state index < -0.39 is 5.97 Å². The number of carbonyl (C=O) groups is 2. The second-order valence-electron chi connectivity index (χ2n) is 3.86. The van der Waals surface area contributed by atoms with E-state index in [0.29, 0.717) is 12.2 Å². The molecule has 5 heteroatoms. The van der Waals surface area contributed by atoms with Gasteiger partial charge in [0.2, 0.25) is 5.91 Å². The second-order valence-corrected chi connectivity index (χ2v) is 3.86. The van der Waals surface area contributed by atoms with Crippen molar-refractivity contribution in [2.45, 2.75) is 13.3 Å². The third-order valence-electron chi connectivity index (χ3n) is 2.43. The van der Waals surface area contributed by atoms with Gasteiger partial charge in [0.15, 0.2) is 0 Å². The fraction of sp³-hybridized carbons (Fsp3) is 0.385. The van der Waals surface area contributed by atoms with Gasteiger partial charge in [0, 0.05) is 12.6 Å². The molecule has 0 saturated carbocycles. The molecule has 0 radical (unpaired) electrons. The van der Waals surface area contributed by atoms with Crippen molar-refractivity contribution < 1.29 is 19.4 Å². The summed E-state index contributed by atoms with van der Waals surface area (Å²) in [6, 6.07) is 6.62. The lowest BCUT2D eigenvalue weighted by atomic mass is 10.1. The maximum Gasteiger partial charge on any atom is 0.325 e. The first kappa shape index (κ1) is 14.0. The van der Waals surface area contributed by atoms with Gasteiger partial charge in [-0.25, -0.2) is 0 Å². The van der Waals surface area contributed by atoms with E-state index in [0.717, 1.165) is 0 Å². The van der Waals surface area contributed by atoms with E-state index in [9.17, 15) is 14.7 Å². The van der Waals surface area contributed by atoms with Crippen molar-refractivity contribution in [3.05, 3.63) is 29.8 Å². The Labute approximate surface area is 106 Å². The number of ether oxygens (including phenoxy) is 1. The minimum atomic E-state index is -0.439. The van der Waals surface area contributed by atoms with Crippen molar-refractivity contribution in [2.75, 3.05) is 20.2 Å². The van der Waals surface area contributed by atoms with E-state index in [1.54, 1.807) is 25.1 Å². The number of esters is 1. The predicted molar refractivity (Wildman–Crippen MR) is 66.1 cm³/mol. The topological polar surface area (TPSA) is 66.8 Å². The molecular weight excluding hydrogens is 234 g/mol. The zero-order valence-corrected chi connectivity index (χ0v) is 10.5. The SMILES string of the molecule is CCOC(=O)CN(C)C(=O)Cc1ccccc1O. The molecular formula is C13H17NO4.